The van der Waals surface area contributed by atoms with Crippen molar-refractivity contribution in [2.24, 2.45) is 38.9 Å². The highest BCUT2D eigenvalue weighted by Crippen LogP contribution is 2.73. The van der Waals surface area contributed by atoms with Gasteiger partial charge in [-0.25, -0.2) is 0 Å². The normalized spacial score (nSPS) is 43.2. The number of hydrogen-bond acceptors (Lipinski definition) is 5. The van der Waals surface area contributed by atoms with Gasteiger partial charge in [0, 0.05) is 11.3 Å². The van der Waals surface area contributed by atoms with Crippen LogP contribution in [0.5, 0.6) is 0 Å². The lowest BCUT2D eigenvalue weighted by atomic mass is 9.35. The van der Waals surface area contributed by atoms with Crippen molar-refractivity contribution in [2.45, 2.75) is 86.5 Å². The van der Waals surface area contributed by atoms with Gasteiger partial charge in [-0.15, -0.1) is 0 Å². The second-order valence-corrected chi connectivity index (χ2v) is 13.6. The highest BCUT2D eigenvalue weighted by Gasteiger charge is 2.69. The van der Waals surface area contributed by atoms with Gasteiger partial charge in [0.15, 0.2) is 11.6 Å². The van der Waals surface area contributed by atoms with Crippen molar-refractivity contribution in [1.82, 2.24) is 0 Å². The Balaban J connectivity index is 1.71. The summed E-state index contributed by atoms with van der Waals surface area (Å²) in [6.07, 6.45) is 9.38. The molecule has 0 aromatic heterocycles. The van der Waals surface area contributed by atoms with Crippen LogP contribution in [0.1, 0.15) is 86.5 Å². The minimum Gasteiger partial charge on any atom is -0.469 e. The molecule has 3 fully saturated rings. The van der Waals surface area contributed by atoms with Crippen molar-refractivity contribution < 1.29 is 19.1 Å². The van der Waals surface area contributed by atoms with E-state index >= 15 is 0 Å². The molecule has 5 aliphatic rings. The van der Waals surface area contributed by atoms with Crippen LogP contribution in [-0.2, 0) is 19.1 Å². The third kappa shape index (κ3) is 2.91. The first-order chi connectivity index (χ1) is 16.7. The van der Waals surface area contributed by atoms with Crippen LogP contribution in [0.2, 0.25) is 0 Å². The molecule has 36 heavy (non-hydrogen) atoms. The van der Waals surface area contributed by atoms with E-state index in [9.17, 15) is 19.6 Å². The Morgan fingerprint density at radius 2 is 1.72 bits per heavy atom. The molecule has 0 bridgehead atoms. The van der Waals surface area contributed by atoms with E-state index in [2.05, 4.69) is 40.7 Å². The summed E-state index contributed by atoms with van der Waals surface area (Å²) in [4.78, 5) is 40.4. The zero-order chi connectivity index (χ0) is 26.5. The fourth-order valence-electron chi connectivity index (χ4n) is 9.32. The largest absolute Gasteiger partial charge is 0.469 e. The molecular weight excluding hydrogens is 450 g/mol. The van der Waals surface area contributed by atoms with Crippen LogP contribution in [0.3, 0.4) is 0 Å². The molecule has 0 N–H and O–H groups in total. The van der Waals surface area contributed by atoms with Crippen LogP contribution in [0, 0.1) is 50.2 Å². The second-order valence-electron chi connectivity index (χ2n) is 13.6. The summed E-state index contributed by atoms with van der Waals surface area (Å²) < 4.78 is 5.39. The Kier molecular flexibility index (Phi) is 5.26. The first-order valence-electron chi connectivity index (χ1n) is 13.4. The monoisotopic (exact) mass is 489 g/mol. The van der Waals surface area contributed by atoms with E-state index < -0.39 is 10.8 Å². The maximum atomic E-state index is 14.3. The molecular formula is C31H39NO4. The Hall–Kier alpha value is -2.48. The third-order valence-corrected chi connectivity index (χ3v) is 11.6. The number of esters is 1. The van der Waals surface area contributed by atoms with Crippen molar-refractivity contribution in [3.63, 3.8) is 0 Å². The number of allylic oxidation sites excluding steroid dienone is 6. The van der Waals surface area contributed by atoms with E-state index in [1.165, 1.54) is 7.11 Å². The lowest BCUT2D eigenvalue weighted by Gasteiger charge is -2.67. The predicted octanol–water partition coefficient (Wildman–Crippen LogP) is 6.05. The van der Waals surface area contributed by atoms with Gasteiger partial charge in [-0.05, 0) is 110 Å². The topological polar surface area (TPSA) is 84.2 Å². The maximum absolute atomic E-state index is 14.3. The summed E-state index contributed by atoms with van der Waals surface area (Å²) >= 11 is 0. The van der Waals surface area contributed by atoms with Crippen molar-refractivity contribution in [1.29, 1.82) is 5.26 Å². The summed E-state index contributed by atoms with van der Waals surface area (Å²) in [7, 11) is 1.48. The number of carbonyl (C=O) groups excluding carboxylic acids is 3. The summed E-state index contributed by atoms with van der Waals surface area (Å²) in [6, 6.07) is 2.11. The molecule has 0 radical (unpaired) electrons. The van der Waals surface area contributed by atoms with Crippen molar-refractivity contribution in [3.8, 4) is 6.07 Å². The molecule has 3 saturated carbocycles. The van der Waals surface area contributed by atoms with Crippen LogP contribution in [0.4, 0.5) is 0 Å². The zero-order valence-corrected chi connectivity index (χ0v) is 22.8. The molecule has 0 aromatic rings. The second kappa shape index (κ2) is 7.53. The van der Waals surface area contributed by atoms with Gasteiger partial charge >= 0.3 is 5.97 Å². The fraction of sp³-hybridized carbons (Fsp3) is 0.677. The van der Waals surface area contributed by atoms with Crippen molar-refractivity contribution in [2.75, 3.05) is 7.11 Å². The van der Waals surface area contributed by atoms with Crippen LogP contribution < -0.4 is 0 Å². The number of nitriles is 1. The number of rotatable bonds is 1. The highest BCUT2D eigenvalue weighted by molar-refractivity contribution is 6.12. The smallest absolute Gasteiger partial charge is 0.312 e. The number of ether oxygens (including phenoxy) is 1. The molecule has 0 aliphatic heterocycles. The number of nitrogens with zero attached hydrogens (tertiary/aromatic N) is 1. The van der Waals surface area contributed by atoms with E-state index in [1.807, 2.05) is 19.1 Å². The molecule has 5 aliphatic carbocycles. The number of methoxy groups -OCH3 is 1. The van der Waals surface area contributed by atoms with E-state index in [0.29, 0.717) is 5.57 Å². The van der Waals surface area contributed by atoms with Gasteiger partial charge in [-0.3, -0.25) is 14.4 Å². The van der Waals surface area contributed by atoms with E-state index in [1.54, 1.807) is 0 Å². The molecule has 5 nitrogen and oxygen atoms in total. The lowest BCUT2D eigenvalue weighted by Crippen LogP contribution is -2.64. The van der Waals surface area contributed by atoms with Gasteiger partial charge in [0.05, 0.1) is 18.1 Å². The summed E-state index contributed by atoms with van der Waals surface area (Å²) in [5, 5.41) is 9.72. The van der Waals surface area contributed by atoms with E-state index in [4.69, 9.17) is 4.74 Å². The minimum atomic E-state index is -0.623. The molecule has 0 saturated heterocycles. The minimum absolute atomic E-state index is 0.0563. The van der Waals surface area contributed by atoms with Gasteiger partial charge in [0.2, 0.25) is 0 Å². The molecule has 6 atom stereocenters. The summed E-state index contributed by atoms with van der Waals surface area (Å²) in [5.74, 6) is -0.547. The molecule has 5 heteroatoms. The highest BCUT2D eigenvalue weighted by atomic mass is 16.5. The average Bonchev–Trinajstić information content (AvgIpc) is 2.82. The first kappa shape index (κ1) is 25.2. The van der Waals surface area contributed by atoms with Gasteiger partial charge in [-0.2, -0.15) is 5.26 Å². The SMILES string of the molecule is COC(=O)[C@]12CCC(C)(C)CC1C1C(=O)C=C3[C@@]4(C)C=C(C#N)C(=O)C(C)=C4CC[C@@]3(C)[C@]1(C)CC2. The number of carbonyl (C=O) groups is 3. The third-order valence-electron chi connectivity index (χ3n) is 11.6. The first-order valence-corrected chi connectivity index (χ1v) is 13.4. The Bertz CT molecular complexity index is 1230. The summed E-state index contributed by atoms with van der Waals surface area (Å²) in [5.41, 5.74) is 1.14. The van der Waals surface area contributed by atoms with Crippen molar-refractivity contribution >= 4 is 17.5 Å². The number of fused-ring (bicyclic) bond motifs is 7. The molecule has 192 valence electrons. The number of hydrogen-bond donors (Lipinski definition) is 0. The summed E-state index contributed by atoms with van der Waals surface area (Å²) in [6.45, 7) is 13.0. The molecule has 5 rings (SSSR count). The predicted molar refractivity (Wildman–Crippen MR) is 136 cm³/mol. The van der Waals surface area contributed by atoms with Crippen LogP contribution >= 0.6 is 0 Å². The molecule has 0 spiro atoms. The fourth-order valence-corrected chi connectivity index (χ4v) is 9.32. The number of Topliss-reactive ketones (excluding diaryl/α,β-unsaturated/α-hetero) is 1. The molecule has 0 amide bonds. The van der Waals surface area contributed by atoms with Gasteiger partial charge in [0.25, 0.3) is 0 Å². The Labute approximate surface area is 215 Å². The standard InChI is InChI=1S/C31H39NO4/c1-18-20-8-9-29(5)23(28(20,4)15-19(17-32)25(18)34)14-22(33)24-21-16-27(2,3)10-12-31(21,26(35)36-7)13-11-30(24,29)6/h14-15,21,24H,8-13,16H2,1-7H3/t21?,24?,28-,29+,30+,31-/m0/s1. The molecule has 0 aromatic carbocycles. The quantitative estimate of drug-likeness (QED) is 0.419. The molecule has 0 heterocycles. The zero-order valence-electron chi connectivity index (χ0n) is 22.8. The maximum Gasteiger partial charge on any atom is 0.312 e. The lowest BCUT2D eigenvalue weighted by molar-refractivity contribution is -0.188. The average molecular weight is 490 g/mol. The van der Waals surface area contributed by atoms with Crippen LogP contribution in [0.15, 0.2) is 34.4 Å². The number of ketones is 2. The van der Waals surface area contributed by atoms with Gasteiger partial charge in [0.1, 0.15) is 6.07 Å². The Morgan fingerprint density at radius 3 is 2.36 bits per heavy atom. The molecule has 2 unspecified atom stereocenters. The van der Waals surface area contributed by atoms with Gasteiger partial charge < -0.3 is 4.74 Å². The van der Waals surface area contributed by atoms with Gasteiger partial charge in [-0.1, -0.05) is 27.7 Å². The Morgan fingerprint density at radius 1 is 1.06 bits per heavy atom. The van der Waals surface area contributed by atoms with E-state index in [-0.39, 0.29) is 51.2 Å². The van der Waals surface area contributed by atoms with Crippen molar-refractivity contribution in [3.05, 3.63) is 34.4 Å². The van der Waals surface area contributed by atoms with Crippen LogP contribution in [0.25, 0.3) is 0 Å². The van der Waals surface area contributed by atoms with E-state index in [0.717, 1.165) is 56.1 Å². The van der Waals surface area contributed by atoms with Crippen LogP contribution in [-0.4, -0.2) is 24.6 Å².